The van der Waals surface area contributed by atoms with Crippen molar-refractivity contribution in [2.75, 3.05) is 24.2 Å². The van der Waals surface area contributed by atoms with Crippen molar-refractivity contribution in [3.05, 3.63) is 34.7 Å². The van der Waals surface area contributed by atoms with Crippen molar-refractivity contribution >= 4 is 28.6 Å². The molecule has 0 aliphatic rings. The monoisotopic (exact) mass is 414 g/mol. The number of aromatic nitrogens is 4. The number of esters is 1. The van der Waals surface area contributed by atoms with E-state index in [1.165, 1.54) is 4.57 Å². The predicted molar refractivity (Wildman–Crippen MR) is 114 cm³/mol. The van der Waals surface area contributed by atoms with Crippen LogP contribution in [0.4, 0.5) is 11.5 Å². The highest BCUT2D eigenvalue weighted by atomic mass is 16.5. The van der Waals surface area contributed by atoms with Gasteiger partial charge >= 0.3 is 17.7 Å². The van der Waals surface area contributed by atoms with E-state index in [0.29, 0.717) is 43.0 Å². The summed E-state index contributed by atoms with van der Waals surface area (Å²) in [6.07, 6.45) is 2.16. The normalized spacial score (nSPS) is 10.9. The molecule has 0 saturated carbocycles. The van der Waals surface area contributed by atoms with Crippen LogP contribution in [0.5, 0.6) is 11.8 Å². The highest BCUT2D eigenvalue weighted by Gasteiger charge is 2.14. The number of unbranched alkanes of at least 4 members (excludes halogenated alkanes) is 1. The second-order valence-electron chi connectivity index (χ2n) is 6.66. The molecule has 0 atom stereocenters. The van der Waals surface area contributed by atoms with Gasteiger partial charge in [-0.05, 0) is 18.6 Å². The van der Waals surface area contributed by atoms with Crippen LogP contribution in [0, 0.1) is 0 Å². The highest BCUT2D eigenvalue weighted by Crippen LogP contribution is 2.19. The first-order chi connectivity index (χ1) is 14.5. The second kappa shape index (κ2) is 9.77. The van der Waals surface area contributed by atoms with Crippen LogP contribution >= 0.6 is 0 Å². The number of benzene rings is 1. The number of imidazole rings is 1. The lowest BCUT2D eigenvalue weighted by Gasteiger charge is -2.10. The number of hydrogen-bond donors (Lipinski definition) is 3. The third-order valence-corrected chi connectivity index (χ3v) is 4.38. The molecule has 30 heavy (non-hydrogen) atoms. The summed E-state index contributed by atoms with van der Waals surface area (Å²) in [5.41, 5.74) is 7.18. The van der Waals surface area contributed by atoms with E-state index >= 15 is 0 Å². The Morgan fingerprint density at radius 1 is 1.30 bits per heavy atom. The van der Waals surface area contributed by atoms with E-state index in [1.54, 1.807) is 25.1 Å². The van der Waals surface area contributed by atoms with Gasteiger partial charge in [0.15, 0.2) is 11.5 Å². The third kappa shape index (κ3) is 5.07. The fourth-order valence-corrected chi connectivity index (χ4v) is 2.80. The minimum atomic E-state index is -0.330. The van der Waals surface area contributed by atoms with Crippen molar-refractivity contribution in [1.29, 1.82) is 0 Å². The molecule has 0 radical (unpaired) electrons. The molecule has 0 bridgehead atoms. The Labute approximate surface area is 173 Å². The lowest BCUT2D eigenvalue weighted by molar-refractivity contribution is -0.134. The fraction of sp³-hybridized carbons (Fsp3) is 0.400. The first kappa shape index (κ1) is 21.2. The summed E-state index contributed by atoms with van der Waals surface area (Å²) in [4.78, 5) is 35.0. The third-order valence-electron chi connectivity index (χ3n) is 4.38. The van der Waals surface area contributed by atoms with Crippen molar-refractivity contribution in [2.24, 2.45) is 0 Å². The first-order valence-corrected chi connectivity index (χ1v) is 9.95. The summed E-state index contributed by atoms with van der Waals surface area (Å²) >= 11 is 0. The average molecular weight is 414 g/mol. The molecule has 4 N–H and O–H groups in total. The summed E-state index contributed by atoms with van der Waals surface area (Å²) in [7, 11) is 0. The Hall–Kier alpha value is -3.56. The number of ether oxygens (including phenoxy) is 2. The molecule has 2 heterocycles. The van der Waals surface area contributed by atoms with Crippen molar-refractivity contribution in [3.8, 4) is 11.8 Å². The SMILES string of the molecule is CCCCOc1nc(N)c2[nH]c(=O)n(CCNc3cccc(OC(=O)CC)c3)c2n1. The van der Waals surface area contributed by atoms with Crippen LogP contribution in [-0.4, -0.2) is 38.6 Å². The Balaban J connectivity index is 1.71. The van der Waals surface area contributed by atoms with Crippen molar-refractivity contribution in [3.63, 3.8) is 0 Å². The standard InChI is InChI=1S/C20H26N6O4/c1-3-5-11-29-19-24-17(21)16-18(25-19)26(20(28)23-16)10-9-22-13-7-6-8-14(12-13)30-15(27)4-2/h6-8,12,22H,3-5,9-11H2,1-2H3,(H,23,28)(H2,21,24,25). The molecule has 0 fully saturated rings. The van der Waals surface area contributed by atoms with E-state index in [0.717, 1.165) is 18.5 Å². The van der Waals surface area contributed by atoms with E-state index in [1.807, 2.05) is 6.07 Å². The summed E-state index contributed by atoms with van der Waals surface area (Å²) in [6.45, 7) is 5.05. The summed E-state index contributed by atoms with van der Waals surface area (Å²) in [5.74, 6) is 0.331. The molecule has 0 unspecified atom stereocenters. The Kier molecular flexibility index (Phi) is 6.89. The smallest absolute Gasteiger partial charge is 0.327 e. The van der Waals surface area contributed by atoms with Gasteiger partial charge in [0.05, 0.1) is 6.61 Å². The number of H-pyrrole nitrogens is 1. The number of nitrogens with two attached hydrogens (primary N) is 1. The molecule has 10 heteroatoms. The van der Waals surface area contributed by atoms with Crippen molar-refractivity contribution in [1.82, 2.24) is 19.5 Å². The molecular weight excluding hydrogens is 388 g/mol. The molecule has 0 saturated heterocycles. The number of nitrogens with one attached hydrogen (secondary N) is 2. The van der Waals surface area contributed by atoms with Crippen LogP contribution in [0.25, 0.3) is 11.2 Å². The molecule has 0 amide bonds. The Morgan fingerprint density at radius 3 is 2.90 bits per heavy atom. The van der Waals surface area contributed by atoms with Crippen molar-refractivity contribution < 1.29 is 14.3 Å². The van der Waals surface area contributed by atoms with E-state index < -0.39 is 0 Å². The molecular formula is C20H26N6O4. The molecule has 0 spiro atoms. The zero-order valence-corrected chi connectivity index (χ0v) is 17.1. The number of carbonyl (C=O) groups excluding carboxylic acids is 1. The van der Waals surface area contributed by atoms with Crippen LogP contribution in [0.3, 0.4) is 0 Å². The molecule has 3 rings (SSSR count). The minimum absolute atomic E-state index is 0.152. The summed E-state index contributed by atoms with van der Waals surface area (Å²) in [6, 6.07) is 7.22. The van der Waals surface area contributed by atoms with Crippen LogP contribution in [-0.2, 0) is 11.3 Å². The number of aromatic amines is 1. The van der Waals surface area contributed by atoms with Crippen LogP contribution < -0.4 is 26.2 Å². The zero-order valence-electron chi connectivity index (χ0n) is 17.1. The van der Waals surface area contributed by atoms with Gasteiger partial charge in [-0.3, -0.25) is 9.36 Å². The molecule has 160 valence electrons. The summed E-state index contributed by atoms with van der Waals surface area (Å²) in [5, 5.41) is 3.21. The molecule has 10 nitrogen and oxygen atoms in total. The van der Waals surface area contributed by atoms with Gasteiger partial charge < -0.3 is 25.5 Å². The number of hydrogen-bond acceptors (Lipinski definition) is 8. The first-order valence-electron chi connectivity index (χ1n) is 9.95. The zero-order chi connectivity index (χ0) is 21.5. The summed E-state index contributed by atoms with van der Waals surface area (Å²) < 4.78 is 12.2. The highest BCUT2D eigenvalue weighted by molar-refractivity contribution is 5.81. The number of carbonyl (C=O) groups is 1. The van der Waals surface area contributed by atoms with Gasteiger partial charge in [0, 0.05) is 31.3 Å². The lowest BCUT2D eigenvalue weighted by Crippen LogP contribution is -2.21. The maximum Gasteiger partial charge on any atom is 0.327 e. The van der Waals surface area contributed by atoms with E-state index in [-0.39, 0.29) is 23.5 Å². The number of rotatable bonds is 10. The number of anilines is 2. The van der Waals surface area contributed by atoms with E-state index in [4.69, 9.17) is 15.2 Å². The topological polar surface area (TPSA) is 137 Å². The Bertz CT molecular complexity index is 1070. The molecule has 3 aromatic rings. The number of nitrogen functional groups attached to an aromatic ring is 1. The van der Waals surface area contributed by atoms with Gasteiger partial charge in [-0.2, -0.15) is 9.97 Å². The van der Waals surface area contributed by atoms with Gasteiger partial charge in [0.2, 0.25) is 0 Å². The molecule has 0 aliphatic heterocycles. The fourth-order valence-electron chi connectivity index (χ4n) is 2.80. The quantitative estimate of drug-likeness (QED) is 0.261. The van der Waals surface area contributed by atoms with Gasteiger partial charge in [0.1, 0.15) is 11.3 Å². The van der Waals surface area contributed by atoms with Gasteiger partial charge in [-0.25, -0.2) is 4.79 Å². The van der Waals surface area contributed by atoms with Gasteiger partial charge in [-0.15, -0.1) is 0 Å². The molecule has 2 aromatic heterocycles. The Morgan fingerprint density at radius 2 is 2.13 bits per heavy atom. The number of nitrogens with zero attached hydrogens (tertiary/aromatic N) is 3. The van der Waals surface area contributed by atoms with Gasteiger partial charge in [-0.1, -0.05) is 26.3 Å². The maximum atomic E-state index is 12.4. The van der Waals surface area contributed by atoms with Crippen LogP contribution in [0.2, 0.25) is 0 Å². The minimum Gasteiger partial charge on any atom is -0.463 e. The van der Waals surface area contributed by atoms with Crippen LogP contribution in [0.15, 0.2) is 29.1 Å². The molecule has 1 aromatic carbocycles. The second-order valence-corrected chi connectivity index (χ2v) is 6.66. The van der Waals surface area contributed by atoms with E-state index in [9.17, 15) is 9.59 Å². The van der Waals surface area contributed by atoms with E-state index in [2.05, 4.69) is 27.2 Å². The van der Waals surface area contributed by atoms with Crippen LogP contribution in [0.1, 0.15) is 33.1 Å². The number of fused-ring (bicyclic) bond motifs is 1. The lowest BCUT2D eigenvalue weighted by atomic mass is 10.3. The predicted octanol–water partition coefficient (Wildman–Crippen LogP) is 2.31. The largest absolute Gasteiger partial charge is 0.463 e. The molecule has 0 aliphatic carbocycles. The van der Waals surface area contributed by atoms with Gasteiger partial charge in [0.25, 0.3) is 0 Å². The average Bonchev–Trinajstić information content (AvgIpc) is 3.04. The van der Waals surface area contributed by atoms with Crippen molar-refractivity contribution in [2.45, 2.75) is 39.7 Å². The maximum absolute atomic E-state index is 12.4.